The van der Waals surface area contributed by atoms with Crippen LogP contribution in [0.5, 0.6) is 0 Å². The van der Waals surface area contributed by atoms with E-state index < -0.39 is 11.6 Å². The maximum atomic E-state index is 15.1. The van der Waals surface area contributed by atoms with Crippen LogP contribution in [0.25, 0.3) is 0 Å². The Bertz CT molecular complexity index is 640. The van der Waals surface area contributed by atoms with Crippen LogP contribution in [0, 0.1) is 5.82 Å². The number of hydrogen-bond donors (Lipinski definition) is 1. The lowest BCUT2D eigenvalue weighted by molar-refractivity contribution is -0.151. The fraction of sp³-hybridized carbons (Fsp3) is 0.556. The molecular weight excluding hydrogens is 344 g/mol. The largest absolute Gasteiger partial charge is 0.378 e. The van der Waals surface area contributed by atoms with Gasteiger partial charge in [0.05, 0.1) is 13.2 Å². The standard InChI is InChI=1S/C18H23F2N3O3/c19-15-3-1-14(2-4-15)13-21-17(25)23-7-5-18(20,6-8-23)16(24)22-9-11-26-12-10-22/h1-4H,5-13H2,(H,21,25). The Labute approximate surface area is 151 Å². The number of carbonyl (C=O) groups is 2. The average molecular weight is 367 g/mol. The summed E-state index contributed by atoms with van der Waals surface area (Å²) in [5.74, 6) is -0.826. The first-order valence-corrected chi connectivity index (χ1v) is 8.81. The van der Waals surface area contributed by atoms with Gasteiger partial charge < -0.3 is 19.9 Å². The van der Waals surface area contributed by atoms with Crippen molar-refractivity contribution in [2.75, 3.05) is 39.4 Å². The minimum absolute atomic E-state index is 0.00679. The molecule has 3 rings (SSSR count). The van der Waals surface area contributed by atoms with E-state index >= 15 is 4.39 Å². The third-order valence-electron chi connectivity index (χ3n) is 4.88. The summed E-state index contributed by atoms with van der Waals surface area (Å²) in [5.41, 5.74) is -1.13. The van der Waals surface area contributed by atoms with Gasteiger partial charge in [-0.2, -0.15) is 0 Å². The highest BCUT2D eigenvalue weighted by Gasteiger charge is 2.45. The van der Waals surface area contributed by atoms with Gasteiger partial charge >= 0.3 is 6.03 Å². The van der Waals surface area contributed by atoms with Crippen LogP contribution in [-0.2, 0) is 16.1 Å². The zero-order valence-corrected chi connectivity index (χ0v) is 14.5. The van der Waals surface area contributed by atoms with Crippen molar-refractivity contribution in [3.8, 4) is 0 Å². The van der Waals surface area contributed by atoms with Crippen LogP contribution in [0.15, 0.2) is 24.3 Å². The number of hydrogen-bond acceptors (Lipinski definition) is 3. The molecular formula is C18H23F2N3O3. The molecule has 0 bridgehead atoms. The molecule has 8 heteroatoms. The first-order valence-electron chi connectivity index (χ1n) is 8.81. The van der Waals surface area contributed by atoms with Crippen LogP contribution in [0.2, 0.25) is 0 Å². The lowest BCUT2D eigenvalue weighted by atomic mass is 9.91. The summed E-state index contributed by atoms with van der Waals surface area (Å²) in [6, 6.07) is 5.54. The van der Waals surface area contributed by atoms with Crippen LogP contribution in [-0.4, -0.2) is 66.8 Å². The average Bonchev–Trinajstić information content (AvgIpc) is 2.68. The molecule has 0 unspecified atom stereocenters. The van der Waals surface area contributed by atoms with Crippen LogP contribution >= 0.6 is 0 Å². The maximum Gasteiger partial charge on any atom is 0.317 e. The molecule has 2 aliphatic heterocycles. The number of nitrogens with zero attached hydrogens (tertiary/aromatic N) is 2. The van der Waals surface area contributed by atoms with Crippen LogP contribution in [0.3, 0.4) is 0 Å². The Morgan fingerprint density at radius 3 is 2.27 bits per heavy atom. The summed E-state index contributed by atoms with van der Waals surface area (Å²) in [6.45, 7) is 2.31. The van der Waals surface area contributed by atoms with Gasteiger partial charge in [0.2, 0.25) is 0 Å². The van der Waals surface area contributed by atoms with Gasteiger partial charge in [0.25, 0.3) is 5.91 Å². The Hall–Kier alpha value is -2.22. The van der Waals surface area contributed by atoms with Crippen molar-refractivity contribution >= 4 is 11.9 Å². The molecule has 0 radical (unpaired) electrons. The summed E-state index contributed by atoms with van der Waals surface area (Å²) in [4.78, 5) is 27.7. The number of amides is 3. The molecule has 0 saturated carbocycles. The van der Waals surface area contributed by atoms with Gasteiger partial charge in [-0.3, -0.25) is 4.79 Å². The zero-order chi connectivity index (χ0) is 18.6. The number of halogens is 2. The van der Waals surface area contributed by atoms with Gasteiger partial charge in [-0.15, -0.1) is 0 Å². The van der Waals surface area contributed by atoms with Gasteiger partial charge in [0, 0.05) is 45.6 Å². The number of carbonyl (C=O) groups excluding carboxylic acids is 2. The highest BCUT2D eigenvalue weighted by Crippen LogP contribution is 2.29. The summed E-state index contributed by atoms with van der Waals surface area (Å²) in [7, 11) is 0. The van der Waals surface area contributed by atoms with Gasteiger partial charge in [0.15, 0.2) is 5.67 Å². The lowest BCUT2D eigenvalue weighted by Gasteiger charge is -2.39. The Morgan fingerprint density at radius 1 is 1.04 bits per heavy atom. The van der Waals surface area contributed by atoms with Crippen molar-refractivity contribution in [2.24, 2.45) is 0 Å². The molecule has 1 aromatic rings. The van der Waals surface area contributed by atoms with E-state index in [0.29, 0.717) is 26.3 Å². The minimum Gasteiger partial charge on any atom is -0.378 e. The minimum atomic E-state index is -1.91. The smallest absolute Gasteiger partial charge is 0.317 e. The fourth-order valence-corrected chi connectivity index (χ4v) is 3.22. The highest BCUT2D eigenvalue weighted by atomic mass is 19.1. The van der Waals surface area contributed by atoms with E-state index in [-0.39, 0.29) is 44.3 Å². The van der Waals surface area contributed by atoms with Crippen molar-refractivity contribution in [1.29, 1.82) is 0 Å². The maximum absolute atomic E-state index is 15.1. The third kappa shape index (κ3) is 4.30. The van der Waals surface area contributed by atoms with Crippen LogP contribution in [0.1, 0.15) is 18.4 Å². The van der Waals surface area contributed by atoms with Crippen molar-refractivity contribution < 1.29 is 23.1 Å². The van der Waals surface area contributed by atoms with E-state index in [2.05, 4.69) is 5.32 Å². The van der Waals surface area contributed by atoms with Crippen molar-refractivity contribution in [3.05, 3.63) is 35.6 Å². The Morgan fingerprint density at radius 2 is 1.65 bits per heavy atom. The first-order chi connectivity index (χ1) is 12.5. The molecule has 0 spiro atoms. The highest BCUT2D eigenvalue weighted by molar-refractivity contribution is 5.86. The normalized spacial score (nSPS) is 19.9. The Kier molecular flexibility index (Phi) is 5.70. The van der Waals surface area contributed by atoms with Crippen molar-refractivity contribution in [2.45, 2.75) is 25.1 Å². The van der Waals surface area contributed by atoms with Gasteiger partial charge in [0.1, 0.15) is 5.82 Å². The SMILES string of the molecule is O=C(NCc1ccc(F)cc1)N1CCC(F)(C(=O)N2CCOCC2)CC1. The van der Waals surface area contributed by atoms with Gasteiger partial charge in [-0.25, -0.2) is 13.6 Å². The molecule has 26 heavy (non-hydrogen) atoms. The number of alkyl halides is 1. The molecule has 142 valence electrons. The predicted octanol–water partition coefficient (Wildman–Crippen LogP) is 1.70. The molecule has 3 amide bonds. The van der Waals surface area contributed by atoms with E-state index in [1.165, 1.54) is 21.9 Å². The quantitative estimate of drug-likeness (QED) is 0.885. The van der Waals surface area contributed by atoms with E-state index in [4.69, 9.17) is 4.74 Å². The molecule has 6 nitrogen and oxygen atoms in total. The second-order valence-corrected chi connectivity index (χ2v) is 6.64. The number of ether oxygens (including phenoxy) is 1. The summed E-state index contributed by atoms with van der Waals surface area (Å²) in [5, 5.41) is 2.74. The topological polar surface area (TPSA) is 61.9 Å². The van der Waals surface area contributed by atoms with Crippen molar-refractivity contribution in [3.63, 3.8) is 0 Å². The number of benzene rings is 1. The predicted molar refractivity (Wildman–Crippen MR) is 90.7 cm³/mol. The molecule has 1 aromatic carbocycles. The number of piperidine rings is 1. The lowest BCUT2D eigenvalue weighted by Crippen LogP contribution is -2.56. The number of nitrogens with one attached hydrogen (secondary N) is 1. The van der Waals surface area contributed by atoms with Gasteiger partial charge in [-0.1, -0.05) is 12.1 Å². The second-order valence-electron chi connectivity index (χ2n) is 6.64. The van der Waals surface area contributed by atoms with E-state index in [9.17, 15) is 14.0 Å². The Balaban J connectivity index is 1.48. The number of morpholine rings is 1. The van der Waals surface area contributed by atoms with Crippen LogP contribution in [0.4, 0.5) is 13.6 Å². The van der Waals surface area contributed by atoms with E-state index in [1.807, 2.05) is 0 Å². The fourth-order valence-electron chi connectivity index (χ4n) is 3.22. The number of rotatable bonds is 3. The first kappa shape index (κ1) is 18.6. The summed E-state index contributed by atoms with van der Waals surface area (Å²) in [6.07, 6.45) is -0.0136. The molecule has 2 heterocycles. The zero-order valence-electron chi connectivity index (χ0n) is 14.5. The van der Waals surface area contributed by atoms with Crippen molar-refractivity contribution in [1.82, 2.24) is 15.1 Å². The molecule has 0 aromatic heterocycles. The van der Waals surface area contributed by atoms with E-state index in [1.54, 1.807) is 12.1 Å². The molecule has 2 saturated heterocycles. The number of likely N-dealkylation sites (tertiary alicyclic amines) is 1. The summed E-state index contributed by atoms with van der Waals surface area (Å²) < 4.78 is 33.1. The molecule has 2 fully saturated rings. The monoisotopic (exact) mass is 367 g/mol. The number of urea groups is 1. The van der Waals surface area contributed by atoms with E-state index in [0.717, 1.165) is 5.56 Å². The molecule has 1 N–H and O–H groups in total. The molecule has 0 atom stereocenters. The van der Waals surface area contributed by atoms with Gasteiger partial charge in [-0.05, 0) is 17.7 Å². The third-order valence-corrected chi connectivity index (χ3v) is 4.88. The molecule has 2 aliphatic rings. The second kappa shape index (κ2) is 7.99. The molecule has 0 aliphatic carbocycles. The van der Waals surface area contributed by atoms with Crippen LogP contribution < -0.4 is 5.32 Å². The summed E-state index contributed by atoms with van der Waals surface area (Å²) >= 11 is 0.